The van der Waals surface area contributed by atoms with Gasteiger partial charge in [-0.25, -0.2) is 4.39 Å². The highest BCUT2D eigenvalue weighted by atomic mass is 19.1. The first-order valence-corrected chi connectivity index (χ1v) is 6.15. The number of likely N-dealkylation sites (tertiary alicyclic amines) is 1. The third-order valence-corrected chi connectivity index (χ3v) is 3.26. The van der Waals surface area contributed by atoms with Crippen LogP contribution in [-0.4, -0.2) is 17.4 Å². The van der Waals surface area contributed by atoms with Crippen molar-refractivity contribution in [3.05, 3.63) is 35.6 Å². The number of carbonyl (C=O) groups excluding carboxylic acids is 1. The maximum absolute atomic E-state index is 13.2. The predicted octanol–water partition coefficient (Wildman–Crippen LogP) is 3.15. The van der Waals surface area contributed by atoms with E-state index in [0.29, 0.717) is 0 Å². The highest BCUT2D eigenvalue weighted by Crippen LogP contribution is 2.33. The van der Waals surface area contributed by atoms with Gasteiger partial charge >= 0.3 is 0 Å². The summed E-state index contributed by atoms with van der Waals surface area (Å²) in [6, 6.07) is 6.64. The summed E-state index contributed by atoms with van der Waals surface area (Å²) in [5.74, 6) is -0.0627. The van der Waals surface area contributed by atoms with Crippen molar-refractivity contribution in [1.29, 1.82) is 0 Å². The molecule has 0 spiro atoms. The van der Waals surface area contributed by atoms with Crippen LogP contribution in [0.15, 0.2) is 24.3 Å². The summed E-state index contributed by atoms with van der Waals surface area (Å²) in [6.45, 7) is 4.60. The molecule has 3 heteroatoms. The second kappa shape index (κ2) is 4.86. The quantitative estimate of drug-likeness (QED) is 0.771. The fourth-order valence-corrected chi connectivity index (χ4v) is 2.42. The molecule has 2 nitrogen and oxygen atoms in total. The van der Waals surface area contributed by atoms with Crippen molar-refractivity contribution in [3.8, 4) is 0 Å². The Labute approximate surface area is 101 Å². The van der Waals surface area contributed by atoms with Crippen LogP contribution in [0.2, 0.25) is 0 Å². The van der Waals surface area contributed by atoms with Crippen LogP contribution in [0, 0.1) is 11.7 Å². The van der Waals surface area contributed by atoms with E-state index in [-0.39, 0.29) is 23.7 Å². The zero-order valence-corrected chi connectivity index (χ0v) is 10.3. The van der Waals surface area contributed by atoms with Crippen molar-refractivity contribution in [2.75, 3.05) is 6.54 Å². The van der Waals surface area contributed by atoms with Gasteiger partial charge in [0.15, 0.2) is 0 Å². The van der Waals surface area contributed by atoms with Gasteiger partial charge in [0, 0.05) is 12.5 Å². The zero-order chi connectivity index (χ0) is 12.4. The van der Waals surface area contributed by atoms with E-state index in [1.165, 1.54) is 12.1 Å². The topological polar surface area (TPSA) is 20.3 Å². The Balaban J connectivity index is 2.23. The third-order valence-electron chi connectivity index (χ3n) is 3.26. The summed E-state index contributed by atoms with van der Waals surface area (Å²) in [6.07, 6.45) is 1.93. The van der Waals surface area contributed by atoms with Crippen LogP contribution in [0.25, 0.3) is 0 Å². The molecule has 1 aliphatic heterocycles. The molecule has 1 fully saturated rings. The molecule has 0 N–H and O–H groups in total. The minimum absolute atomic E-state index is 0.00385. The standard InChI is InChI=1S/C14H18FNO/c1-10(2)14(17)16-8-4-7-13(16)11-5-3-6-12(15)9-11/h3,5-6,9-10,13H,4,7-8H2,1-2H3/t13-/m0/s1. The van der Waals surface area contributed by atoms with Gasteiger partial charge in [0.2, 0.25) is 5.91 Å². The fourth-order valence-electron chi connectivity index (χ4n) is 2.42. The molecule has 0 bridgehead atoms. The molecule has 1 aromatic carbocycles. The molecule has 0 saturated carbocycles. The molecule has 0 aliphatic carbocycles. The summed E-state index contributed by atoms with van der Waals surface area (Å²) in [7, 11) is 0. The molecule has 1 amide bonds. The average Bonchev–Trinajstić information content (AvgIpc) is 2.76. The Morgan fingerprint density at radius 1 is 1.47 bits per heavy atom. The first kappa shape index (κ1) is 12.1. The van der Waals surface area contributed by atoms with Gasteiger partial charge in [-0.2, -0.15) is 0 Å². The second-order valence-corrected chi connectivity index (χ2v) is 4.90. The number of amides is 1. The number of carbonyl (C=O) groups is 1. The smallest absolute Gasteiger partial charge is 0.225 e. The average molecular weight is 235 g/mol. The predicted molar refractivity (Wildman–Crippen MR) is 64.9 cm³/mol. The normalized spacial score (nSPS) is 20.0. The van der Waals surface area contributed by atoms with Crippen molar-refractivity contribution in [2.45, 2.75) is 32.7 Å². The maximum Gasteiger partial charge on any atom is 0.225 e. The van der Waals surface area contributed by atoms with Gasteiger partial charge in [0.05, 0.1) is 6.04 Å². The van der Waals surface area contributed by atoms with E-state index in [2.05, 4.69) is 0 Å². The monoisotopic (exact) mass is 235 g/mol. The van der Waals surface area contributed by atoms with E-state index < -0.39 is 0 Å². The van der Waals surface area contributed by atoms with Crippen LogP contribution in [0.3, 0.4) is 0 Å². The lowest BCUT2D eigenvalue weighted by Crippen LogP contribution is -2.33. The number of nitrogens with zero attached hydrogens (tertiary/aromatic N) is 1. The molecular weight excluding hydrogens is 217 g/mol. The van der Waals surface area contributed by atoms with E-state index in [4.69, 9.17) is 0 Å². The van der Waals surface area contributed by atoms with Crippen LogP contribution in [0.4, 0.5) is 4.39 Å². The molecule has 1 saturated heterocycles. The first-order chi connectivity index (χ1) is 8.09. The lowest BCUT2D eigenvalue weighted by Gasteiger charge is -2.26. The van der Waals surface area contributed by atoms with Crippen LogP contribution >= 0.6 is 0 Å². The summed E-state index contributed by atoms with van der Waals surface area (Å²) >= 11 is 0. The second-order valence-electron chi connectivity index (χ2n) is 4.90. The van der Waals surface area contributed by atoms with Gasteiger partial charge < -0.3 is 4.90 Å². The molecule has 0 radical (unpaired) electrons. The minimum atomic E-state index is -0.230. The summed E-state index contributed by atoms with van der Waals surface area (Å²) in [5.41, 5.74) is 0.913. The summed E-state index contributed by atoms with van der Waals surface area (Å²) < 4.78 is 13.2. The van der Waals surface area contributed by atoms with Crippen LogP contribution in [0.5, 0.6) is 0 Å². The van der Waals surface area contributed by atoms with E-state index >= 15 is 0 Å². The number of rotatable bonds is 2. The third kappa shape index (κ3) is 2.48. The maximum atomic E-state index is 13.2. The van der Waals surface area contributed by atoms with Gasteiger partial charge in [-0.3, -0.25) is 4.79 Å². The van der Waals surface area contributed by atoms with Crippen molar-refractivity contribution in [3.63, 3.8) is 0 Å². The van der Waals surface area contributed by atoms with Gasteiger partial charge in [-0.15, -0.1) is 0 Å². The van der Waals surface area contributed by atoms with Crippen molar-refractivity contribution < 1.29 is 9.18 Å². The van der Waals surface area contributed by atoms with Crippen LogP contribution in [-0.2, 0) is 4.79 Å². The Kier molecular flexibility index (Phi) is 3.46. The lowest BCUT2D eigenvalue weighted by atomic mass is 10.0. The van der Waals surface area contributed by atoms with Crippen molar-refractivity contribution >= 4 is 5.91 Å². The molecule has 1 aromatic rings. The zero-order valence-electron chi connectivity index (χ0n) is 10.3. The number of halogens is 1. The summed E-state index contributed by atoms with van der Waals surface area (Å²) in [5, 5.41) is 0. The van der Waals surface area contributed by atoms with E-state index in [9.17, 15) is 9.18 Å². The molecule has 0 aromatic heterocycles. The Morgan fingerprint density at radius 3 is 2.88 bits per heavy atom. The molecule has 1 atom stereocenters. The Morgan fingerprint density at radius 2 is 2.24 bits per heavy atom. The molecule has 0 unspecified atom stereocenters. The number of benzene rings is 1. The lowest BCUT2D eigenvalue weighted by molar-refractivity contribution is -0.135. The van der Waals surface area contributed by atoms with Crippen LogP contribution < -0.4 is 0 Å². The molecule has 2 rings (SSSR count). The molecular formula is C14H18FNO. The molecule has 1 aliphatic rings. The molecule has 17 heavy (non-hydrogen) atoms. The van der Waals surface area contributed by atoms with Crippen molar-refractivity contribution in [1.82, 2.24) is 4.90 Å². The number of hydrogen-bond acceptors (Lipinski definition) is 1. The van der Waals surface area contributed by atoms with Gasteiger partial charge in [-0.1, -0.05) is 26.0 Å². The SMILES string of the molecule is CC(C)C(=O)N1CCC[C@H]1c1cccc(F)c1. The summed E-state index contributed by atoms with van der Waals surface area (Å²) in [4.78, 5) is 13.9. The highest BCUT2D eigenvalue weighted by Gasteiger charge is 2.30. The van der Waals surface area contributed by atoms with Gasteiger partial charge in [-0.05, 0) is 30.5 Å². The Hall–Kier alpha value is -1.38. The van der Waals surface area contributed by atoms with E-state index in [1.54, 1.807) is 6.07 Å². The highest BCUT2D eigenvalue weighted by molar-refractivity contribution is 5.78. The fraction of sp³-hybridized carbons (Fsp3) is 0.500. The van der Waals surface area contributed by atoms with E-state index in [1.807, 2.05) is 24.8 Å². The van der Waals surface area contributed by atoms with Crippen LogP contribution in [0.1, 0.15) is 38.3 Å². The van der Waals surface area contributed by atoms with Gasteiger partial charge in [0.25, 0.3) is 0 Å². The number of hydrogen-bond donors (Lipinski definition) is 0. The first-order valence-electron chi connectivity index (χ1n) is 6.15. The molecule has 92 valence electrons. The van der Waals surface area contributed by atoms with Crippen molar-refractivity contribution in [2.24, 2.45) is 5.92 Å². The van der Waals surface area contributed by atoms with Gasteiger partial charge in [0.1, 0.15) is 5.82 Å². The Bertz CT molecular complexity index is 416. The van der Waals surface area contributed by atoms with E-state index in [0.717, 1.165) is 24.9 Å². The molecule has 1 heterocycles. The minimum Gasteiger partial charge on any atom is -0.335 e. The largest absolute Gasteiger partial charge is 0.335 e.